The van der Waals surface area contributed by atoms with Gasteiger partial charge in [-0.1, -0.05) is 12.1 Å². The van der Waals surface area contributed by atoms with Crippen molar-refractivity contribution in [1.29, 1.82) is 0 Å². The summed E-state index contributed by atoms with van der Waals surface area (Å²) < 4.78 is 20.5. The lowest BCUT2D eigenvalue weighted by atomic mass is 10.1. The van der Waals surface area contributed by atoms with Gasteiger partial charge in [-0.15, -0.1) is 5.10 Å². The van der Waals surface area contributed by atoms with Crippen LogP contribution in [-0.2, 0) is 19.4 Å². The normalized spacial score (nSPS) is 16.6. The first-order valence-electron chi connectivity index (χ1n) is 6.69. The molecule has 1 aromatic carbocycles. The summed E-state index contributed by atoms with van der Waals surface area (Å²) in [5, 5.41) is 16.6. The maximum absolute atomic E-state index is 13.2. The predicted octanol–water partition coefficient (Wildman–Crippen LogP) is 1.68. The molecule has 1 atom stereocenters. The third kappa shape index (κ3) is 2.46. The van der Waals surface area contributed by atoms with Crippen LogP contribution in [0.1, 0.15) is 28.7 Å². The van der Waals surface area contributed by atoms with Crippen LogP contribution in [-0.4, -0.2) is 32.2 Å². The van der Waals surface area contributed by atoms with Crippen LogP contribution in [0.25, 0.3) is 0 Å². The summed E-state index contributed by atoms with van der Waals surface area (Å²) in [6.45, 7) is 2.24. The zero-order chi connectivity index (χ0) is 15.0. The number of aromatic carboxylic acids is 1. The molecule has 1 aliphatic rings. The van der Waals surface area contributed by atoms with E-state index in [0.717, 1.165) is 5.56 Å². The minimum absolute atomic E-state index is 0.0287. The molecule has 1 unspecified atom stereocenters. The van der Waals surface area contributed by atoms with E-state index in [1.807, 2.05) is 6.92 Å². The number of nitrogens with zero attached hydrogens (tertiary/aromatic N) is 3. The van der Waals surface area contributed by atoms with Crippen LogP contribution in [0.15, 0.2) is 18.2 Å². The molecular formula is C14H14FN3O3. The molecule has 0 saturated heterocycles. The molecule has 0 fully saturated rings. The lowest BCUT2D eigenvalue weighted by Gasteiger charge is -2.12. The molecule has 1 aromatic heterocycles. The van der Waals surface area contributed by atoms with Crippen LogP contribution in [0.2, 0.25) is 0 Å². The van der Waals surface area contributed by atoms with Crippen molar-refractivity contribution in [3.63, 3.8) is 0 Å². The molecule has 0 bridgehead atoms. The molecule has 110 valence electrons. The summed E-state index contributed by atoms with van der Waals surface area (Å²) in [7, 11) is 0. The number of ether oxygens (including phenoxy) is 1. The van der Waals surface area contributed by atoms with Gasteiger partial charge in [0.05, 0.1) is 12.2 Å². The average molecular weight is 291 g/mol. The summed E-state index contributed by atoms with van der Waals surface area (Å²) in [6.07, 6.45) is 0.886. The van der Waals surface area contributed by atoms with Gasteiger partial charge >= 0.3 is 5.97 Å². The highest BCUT2D eigenvalue weighted by atomic mass is 19.1. The Kier molecular flexibility index (Phi) is 3.32. The summed E-state index contributed by atoms with van der Waals surface area (Å²) in [5.74, 6) is -0.713. The van der Waals surface area contributed by atoms with Crippen molar-refractivity contribution in [2.45, 2.75) is 32.4 Å². The van der Waals surface area contributed by atoms with Crippen molar-refractivity contribution in [2.75, 3.05) is 0 Å². The molecule has 1 N–H and O–H groups in total. The van der Waals surface area contributed by atoms with Crippen molar-refractivity contribution in [3.8, 4) is 5.75 Å². The van der Waals surface area contributed by atoms with Crippen molar-refractivity contribution in [1.82, 2.24) is 15.0 Å². The highest BCUT2D eigenvalue weighted by Crippen LogP contribution is 2.30. The first-order valence-corrected chi connectivity index (χ1v) is 6.69. The van der Waals surface area contributed by atoms with Gasteiger partial charge in [-0.3, -0.25) is 0 Å². The number of carboxylic acids is 1. The van der Waals surface area contributed by atoms with E-state index in [-0.39, 0.29) is 17.6 Å². The van der Waals surface area contributed by atoms with Crippen LogP contribution in [0.4, 0.5) is 4.39 Å². The molecule has 0 amide bonds. The summed E-state index contributed by atoms with van der Waals surface area (Å²) >= 11 is 0. The number of carboxylic acid groups (broad SMARTS) is 1. The maximum Gasteiger partial charge on any atom is 0.358 e. The van der Waals surface area contributed by atoms with Crippen LogP contribution in [0, 0.1) is 5.82 Å². The second-order valence-electron chi connectivity index (χ2n) is 4.92. The number of aromatic nitrogens is 3. The lowest BCUT2D eigenvalue weighted by molar-refractivity contribution is 0.0689. The minimum Gasteiger partial charge on any atom is -0.488 e. The SMILES string of the molecule is CCc1c(C(=O)O)nnn1CC1Cc2cc(F)ccc2O1. The third-order valence-electron chi connectivity index (χ3n) is 3.52. The zero-order valence-corrected chi connectivity index (χ0v) is 11.4. The van der Waals surface area contributed by atoms with E-state index in [0.29, 0.717) is 30.8 Å². The van der Waals surface area contributed by atoms with Gasteiger partial charge in [-0.25, -0.2) is 13.9 Å². The number of benzene rings is 1. The van der Waals surface area contributed by atoms with Gasteiger partial charge in [0.15, 0.2) is 5.69 Å². The molecule has 2 heterocycles. The Morgan fingerprint density at radius 2 is 2.38 bits per heavy atom. The summed E-state index contributed by atoms with van der Waals surface area (Å²) in [4.78, 5) is 11.1. The molecule has 21 heavy (non-hydrogen) atoms. The van der Waals surface area contributed by atoms with Crippen LogP contribution in [0.3, 0.4) is 0 Å². The fourth-order valence-corrected chi connectivity index (χ4v) is 2.58. The maximum atomic E-state index is 13.2. The summed E-state index contributed by atoms with van der Waals surface area (Å²) in [5.41, 5.74) is 1.35. The quantitative estimate of drug-likeness (QED) is 0.927. The predicted molar refractivity (Wildman–Crippen MR) is 70.9 cm³/mol. The number of halogens is 1. The van der Waals surface area contributed by atoms with Gasteiger partial charge < -0.3 is 9.84 Å². The molecule has 0 radical (unpaired) electrons. The van der Waals surface area contributed by atoms with Crippen LogP contribution >= 0.6 is 0 Å². The van der Waals surface area contributed by atoms with E-state index in [2.05, 4.69) is 10.3 Å². The van der Waals surface area contributed by atoms with Gasteiger partial charge in [0.1, 0.15) is 17.7 Å². The molecule has 3 rings (SSSR count). The zero-order valence-electron chi connectivity index (χ0n) is 11.4. The fraction of sp³-hybridized carbons (Fsp3) is 0.357. The summed E-state index contributed by atoms with van der Waals surface area (Å²) in [6, 6.07) is 4.42. The number of hydrogen-bond donors (Lipinski definition) is 1. The first-order chi connectivity index (χ1) is 10.1. The molecular weight excluding hydrogens is 277 g/mol. The highest BCUT2D eigenvalue weighted by Gasteiger charge is 2.26. The fourth-order valence-electron chi connectivity index (χ4n) is 2.58. The Bertz CT molecular complexity index is 699. The molecule has 6 nitrogen and oxygen atoms in total. The van der Waals surface area contributed by atoms with Gasteiger partial charge in [0, 0.05) is 12.0 Å². The second-order valence-corrected chi connectivity index (χ2v) is 4.92. The molecule has 0 spiro atoms. The number of fused-ring (bicyclic) bond motifs is 1. The Morgan fingerprint density at radius 1 is 1.57 bits per heavy atom. The number of carbonyl (C=O) groups is 1. The van der Waals surface area contributed by atoms with Gasteiger partial charge in [0.2, 0.25) is 0 Å². The monoisotopic (exact) mass is 291 g/mol. The van der Waals surface area contributed by atoms with E-state index in [9.17, 15) is 9.18 Å². The molecule has 0 aliphatic carbocycles. The average Bonchev–Trinajstić information content (AvgIpc) is 3.01. The third-order valence-corrected chi connectivity index (χ3v) is 3.52. The Balaban J connectivity index is 1.79. The van der Waals surface area contributed by atoms with E-state index < -0.39 is 5.97 Å². The van der Waals surface area contributed by atoms with E-state index >= 15 is 0 Å². The Labute approximate surface area is 120 Å². The van der Waals surface area contributed by atoms with Crippen molar-refractivity contribution < 1.29 is 19.0 Å². The lowest BCUT2D eigenvalue weighted by Crippen LogP contribution is -2.23. The minimum atomic E-state index is -1.09. The van der Waals surface area contributed by atoms with Crippen molar-refractivity contribution >= 4 is 5.97 Å². The van der Waals surface area contributed by atoms with Crippen molar-refractivity contribution in [3.05, 3.63) is 41.0 Å². The van der Waals surface area contributed by atoms with E-state index in [1.165, 1.54) is 12.1 Å². The number of rotatable bonds is 4. The van der Waals surface area contributed by atoms with E-state index in [4.69, 9.17) is 9.84 Å². The topological polar surface area (TPSA) is 77.2 Å². The highest BCUT2D eigenvalue weighted by molar-refractivity contribution is 5.86. The molecule has 1 aliphatic heterocycles. The molecule has 7 heteroatoms. The smallest absolute Gasteiger partial charge is 0.358 e. The number of hydrogen-bond acceptors (Lipinski definition) is 4. The van der Waals surface area contributed by atoms with Crippen LogP contribution < -0.4 is 4.74 Å². The van der Waals surface area contributed by atoms with Crippen LogP contribution in [0.5, 0.6) is 5.75 Å². The second kappa shape index (κ2) is 5.16. The van der Waals surface area contributed by atoms with Crippen molar-refractivity contribution in [2.24, 2.45) is 0 Å². The Hall–Kier alpha value is -2.44. The largest absolute Gasteiger partial charge is 0.488 e. The standard InChI is InChI=1S/C14H14FN3O3/c1-2-11-13(14(19)20)16-17-18(11)7-10-6-8-5-9(15)3-4-12(8)21-10/h3-5,10H,2,6-7H2,1H3,(H,19,20). The van der Waals surface area contributed by atoms with Gasteiger partial charge in [0.25, 0.3) is 0 Å². The molecule has 2 aromatic rings. The Morgan fingerprint density at radius 3 is 3.10 bits per heavy atom. The van der Waals surface area contributed by atoms with Gasteiger partial charge in [-0.2, -0.15) is 0 Å². The van der Waals surface area contributed by atoms with E-state index in [1.54, 1.807) is 10.7 Å². The van der Waals surface area contributed by atoms with Gasteiger partial charge in [-0.05, 0) is 24.6 Å². The molecule has 0 saturated carbocycles. The first kappa shape index (κ1) is 13.5.